The quantitative estimate of drug-likeness (QED) is 0.631. The SMILES string of the molecule is CCCNC(=O)CN1CCN(C(=O)C2CCCN(S(=O)(=O)c3c(C)noc3C)C2)CC1. The van der Waals surface area contributed by atoms with Gasteiger partial charge in [-0.05, 0) is 33.1 Å². The maximum atomic E-state index is 13.1. The number of carbonyl (C=O) groups is 2. The van der Waals surface area contributed by atoms with Gasteiger partial charge in [-0.1, -0.05) is 12.1 Å². The van der Waals surface area contributed by atoms with E-state index in [2.05, 4.69) is 10.5 Å². The summed E-state index contributed by atoms with van der Waals surface area (Å²) in [6.07, 6.45) is 2.21. The van der Waals surface area contributed by atoms with Crippen molar-refractivity contribution < 1.29 is 22.5 Å². The van der Waals surface area contributed by atoms with Crippen molar-refractivity contribution >= 4 is 21.8 Å². The smallest absolute Gasteiger partial charge is 0.248 e. The van der Waals surface area contributed by atoms with Gasteiger partial charge in [0.2, 0.25) is 21.8 Å². The molecule has 3 rings (SSSR count). The van der Waals surface area contributed by atoms with Crippen LogP contribution < -0.4 is 5.32 Å². The van der Waals surface area contributed by atoms with Gasteiger partial charge in [-0.15, -0.1) is 0 Å². The van der Waals surface area contributed by atoms with E-state index >= 15 is 0 Å². The molecule has 31 heavy (non-hydrogen) atoms. The Kier molecular flexibility index (Phi) is 7.71. The number of carbonyl (C=O) groups excluding carboxylic acids is 2. The fourth-order valence-corrected chi connectivity index (χ4v) is 6.06. The van der Waals surface area contributed by atoms with Crippen molar-refractivity contribution in [2.75, 3.05) is 52.4 Å². The number of piperazine rings is 1. The van der Waals surface area contributed by atoms with E-state index < -0.39 is 10.0 Å². The molecule has 0 bridgehead atoms. The summed E-state index contributed by atoms with van der Waals surface area (Å²) in [5.74, 6) is -0.0868. The van der Waals surface area contributed by atoms with Crippen LogP contribution >= 0.6 is 0 Å². The van der Waals surface area contributed by atoms with Gasteiger partial charge in [0, 0.05) is 45.8 Å². The van der Waals surface area contributed by atoms with Crippen LogP contribution in [-0.4, -0.2) is 91.9 Å². The first-order valence-electron chi connectivity index (χ1n) is 10.9. The molecule has 3 heterocycles. The standard InChI is InChI=1S/C20H33N5O5S/c1-4-7-21-18(26)14-23-9-11-24(12-10-23)20(27)17-6-5-8-25(13-17)31(28,29)19-15(2)22-30-16(19)3/h17H,4-14H2,1-3H3,(H,21,26). The predicted octanol–water partition coefficient (Wildman–Crippen LogP) is 0.363. The largest absolute Gasteiger partial charge is 0.360 e. The molecule has 1 aromatic rings. The highest BCUT2D eigenvalue weighted by Gasteiger charge is 2.38. The second-order valence-corrected chi connectivity index (χ2v) is 10.2. The van der Waals surface area contributed by atoms with Crippen molar-refractivity contribution in [3.05, 3.63) is 11.5 Å². The Labute approximate surface area is 184 Å². The lowest BCUT2D eigenvalue weighted by Gasteiger charge is -2.38. The van der Waals surface area contributed by atoms with Crippen LogP contribution in [0.2, 0.25) is 0 Å². The third-order valence-corrected chi connectivity index (χ3v) is 8.03. The third kappa shape index (κ3) is 5.45. The van der Waals surface area contributed by atoms with E-state index in [1.54, 1.807) is 18.7 Å². The summed E-state index contributed by atoms with van der Waals surface area (Å²) in [5.41, 5.74) is 0.338. The lowest BCUT2D eigenvalue weighted by Crippen LogP contribution is -2.54. The summed E-state index contributed by atoms with van der Waals surface area (Å²) >= 11 is 0. The first-order chi connectivity index (χ1) is 14.7. The number of sulfonamides is 1. The van der Waals surface area contributed by atoms with Gasteiger partial charge in [0.25, 0.3) is 0 Å². The molecule has 11 heteroatoms. The molecule has 1 N–H and O–H groups in total. The van der Waals surface area contributed by atoms with Crippen molar-refractivity contribution in [2.24, 2.45) is 5.92 Å². The number of piperidine rings is 1. The van der Waals surface area contributed by atoms with E-state index in [4.69, 9.17) is 4.52 Å². The highest BCUT2D eigenvalue weighted by molar-refractivity contribution is 7.89. The second-order valence-electron chi connectivity index (χ2n) is 8.31. The van der Waals surface area contributed by atoms with Crippen LogP contribution in [0.5, 0.6) is 0 Å². The van der Waals surface area contributed by atoms with Crippen LogP contribution in [0.25, 0.3) is 0 Å². The average Bonchev–Trinajstić information content (AvgIpc) is 3.11. The lowest BCUT2D eigenvalue weighted by atomic mass is 9.98. The summed E-state index contributed by atoms with van der Waals surface area (Å²) in [6, 6.07) is 0. The van der Waals surface area contributed by atoms with Gasteiger partial charge in [-0.3, -0.25) is 14.5 Å². The molecule has 0 spiro atoms. The fourth-order valence-electron chi connectivity index (χ4n) is 4.24. The minimum atomic E-state index is -3.75. The molecule has 2 fully saturated rings. The number of hydrogen-bond acceptors (Lipinski definition) is 7. The highest BCUT2D eigenvalue weighted by atomic mass is 32.2. The molecular weight excluding hydrogens is 422 g/mol. The summed E-state index contributed by atoms with van der Waals surface area (Å²) in [5, 5.41) is 6.63. The fraction of sp³-hybridized carbons (Fsp3) is 0.750. The van der Waals surface area contributed by atoms with Gasteiger partial charge in [0.15, 0.2) is 5.76 Å². The third-order valence-electron chi connectivity index (χ3n) is 5.92. The number of nitrogens with zero attached hydrogens (tertiary/aromatic N) is 4. The number of nitrogens with one attached hydrogen (secondary N) is 1. The van der Waals surface area contributed by atoms with E-state index in [1.807, 2.05) is 11.8 Å². The van der Waals surface area contributed by atoms with E-state index in [0.29, 0.717) is 64.3 Å². The van der Waals surface area contributed by atoms with Crippen LogP contribution in [0.15, 0.2) is 9.42 Å². The first-order valence-corrected chi connectivity index (χ1v) is 12.4. The average molecular weight is 456 g/mol. The minimum absolute atomic E-state index is 0.00579. The van der Waals surface area contributed by atoms with Crippen molar-refractivity contribution in [1.82, 2.24) is 24.6 Å². The van der Waals surface area contributed by atoms with Crippen LogP contribution in [0.3, 0.4) is 0 Å². The highest BCUT2D eigenvalue weighted by Crippen LogP contribution is 2.28. The minimum Gasteiger partial charge on any atom is -0.360 e. The predicted molar refractivity (Wildman–Crippen MR) is 114 cm³/mol. The molecule has 1 unspecified atom stereocenters. The molecule has 10 nitrogen and oxygen atoms in total. The van der Waals surface area contributed by atoms with Gasteiger partial charge in [-0.25, -0.2) is 8.42 Å². The molecule has 2 saturated heterocycles. The van der Waals surface area contributed by atoms with Crippen molar-refractivity contribution in [3.63, 3.8) is 0 Å². The summed E-state index contributed by atoms with van der Waals surface area (Å²) < 4.78 is 32.6. The second kappa shape index (κ2) is 10.1. The molecule has 1 aromatic heterocycles. The summed E-state index contributed by atoms with van der Waals surface area (Å²) in [6.45, 7) is 9.15. The number of hydrogen-bond donors (Lipinski definition) is 1. The topological polar surface area (TPSA) is 116 Å². The maximum absolute atomic E-state index is 13.1. The molecular formula is C20H33N5O5S. The molecule has 0 radical (unpaired) electrons. The van der Waals surface area contributed by atoms with Gasteiger partial charge in [0.05, 0.1) is 12.5 Å². The summed E-state index contributed by atoms with van der Waals surface area (Å²) in [7, 11) is -3.75. The molecule has 0 aromatic carbocycles. The molecule has 2 aliphatic heterocycles. The zero-order valence-electron chi connectivity index (χ0n) is 18.6. The zero-order valence-corrected chi connectivity index (χ0v) is 19.4. The Morgan fingerprint density at radius 3 is 2.48 bits per heavy atom. The Bertz CT molecular complexity index is 872. The molecule has 2 aliphatic rings. The molecule has 174 valence electrons. The molecule has 0 aliphatic carbocycles. The normalized spacial score (nSPS) is 21.3. The van der Waals surface area contributed by atoms with Crippen LogP contribution in [0.4, 0.5) is 0 Å². The van der Waals surface area contributed by atoms with Gasteiger partial charge >= 0.3 is 0 Å². The zero-order chi connectivity index (χ0) is 22.6. The van der Waals surface area contributed by atoms with E-state index in [9.17, 15) is 18.0 Å². The Balaban J connectivity index is 1.56. The number of amides is 2. The van der Waals surface area contributed by atoms with Crippen molar-refractivity contribution in [3.8, 4) is 0 Å². The van der Waals surface area contributed by atoms with Gasteiger partial charge < -0.3 is 14.7 Å². The lowest BCUT2D eigenvalue weighted by molar-refractivity contribution is -0.138. The first kappa shape index (κ1) is 23.7. The Morgan fingerprint density at radius 2 is 1.87 bits per heavy atom. The van der Waals surface area contributed by atoms with Crippen LogP contribution in [-0.2, 0) is 19.6 Å². The molecule has 1 atom stereocenters. The maximum Gasteiger partial charge on any atom is 0.248 e. The molecule has 2 amide bonds. The Hall–Kier alpha value is -1.98. The van der Waals surface area contributed by atoms with Gasteiger partial charge in [0.1, 0.15) is 10.6 Å². The van der Waals surface area contributed by atoms with E-state index in [1.165, 1.54) is 4.31 Å². The number of aromatic nitrogens is 1. The van der Waals surface area contributed by atoms with E-state index in [0.717, 1.165) is 6.42 Å². The number of aryl methyl sites for hydroxylation is 2. The van der Waals surface area contributed by atoms with Crippen LogP contribution in [0, 0.1) is 19.8 Å². The Morgan fingerprint density at radius 1 is 1.16 bits per heavy atom. The molecule has 0 saturated carbocycles. The van der Waals surface area contributed by atoms with E-state index in [-0.39, 0.29) is 34.9 Å². The van der Waals surface area contributed by atoms with Crippen molar-refractivity contribution in [1.29, 1.82) is 0 Å². The number of rotatable bonds is 7. The van der Waals surface area contributed by atoms with Crippen LogP contribution in [0.1, 0.15) is 37.6 Å². The summed E-state index contributed by atoms with van der Waals surface area (Å²) in [4.78, 5) is 28.9. The van der Waals surface area contributed by atoms with Crippen molar-refractivity contribution in [2.45, 2.75) is 44.9 Å². The van der Waals surface area contributed by atoms with Gasteiger partial charge in [-0.2, -0.15) is 4.31 Å². The monoisotopic (exact) mass is 455 g/mol.